The summed E-state index contributed by atoms with van der Waals surface area (Å²) in [5, 5.41) is 12.5. The molecule has 0 aliphatic carbocycles. The van der Waals surface area contributed by atoms with Crippen LogP contribution in [0.5, 0.6) is 0 Å². The Bertz CT molecular complexity index is 944. The molecule has 0 bridgehead atoms. The average molecular weight is 496 g/mol. The molecule has 1 aromatic rings. The Labute approximate surface area is 204 Å². The van der Waals surface area contributed by atoms with Crippen molar-refractivity contribution < 1.29 is 23.5 Å². The highest BCUT2D eigenvalue weighted by molar-refractivity contribution is 6.31. The number of esters is 1. The van der Waals surface area contributed by atoms with Crippen molar-refractivity contribution in [1.29, 1.82) is 5.26 Å². The molecular weight excluding hydrogens is 465 g/mol. The van der Waals surface area contributed by atoms with Gasteiger partial charge in [-0.1, -0.05) is 11.6 Å². The third-order valence-corrected chi connectivity index (χ3v) is 5.22. The number of aliphatic imine (C=N–C) groups is 1. The highest BCUT2D eigenvalue weighted by Gasteiger charge is 2.29. The Kier molecular flexibility index (Phi) is 9.93. The van der Waals surface area contributed by atoms with Crippen LogP contribution in [0.2, 0.25) is 5.02 Å². The first-order valence-corrected chi connectivity index (χ1v) is 11.5. The van der Waals surface area contributed by atoms with E-state index in [9.17, 15) is 19.2 Å². The summed E-state index contributed by atoms with van der Waals surface area (Å²) in [6.07, 6.45) is 2.67. The number of carbonyl (C=O) groups is 2. The van der Waals surface area contributed by atoms with Crippen LogP contribution in [0.1, 0.15) is 46.1 Å². The normalized spacial score (nSPS) is 16.4. The lowest BCUT2D eigenvalue weighted by atomic mass is 10.1. The van der Waals surface area contributed by atoms with Gasteiger partial charge < -0.3 is 24.6 Å². The van der Waals surface area contributed by atoms with Crippen LogP contribution in [0.4, 0.5) is 9.18 Å². The number of benzene rings is 1. The molecule has 1 fully saturated rings. The van der Waals surface area contributed by atoms with E-state index in [1.807, 2.05) is 0 Å². The summed E-state index contributed by atoms with van der Waals surface area (Å²) < 4.78 is 24.3. The minimum Gasteiger partial charge on any atom is -0.465 e. The van der Waals surface area contributed by atoms with Gasteiger partial charge in [0.1, 0.15) is 18.0 Å². The number of ether oxygens (including phenoxy) is 2. The largest absolute Gasteiger partial charge is 0.465 e. The van der Waals surface area contributed by atoms with Gasteiger partial charge in [-0.25, -0.2) is 9.18 Å². The molecule has 0 radical (unpaired) electrons. The van der Waals surface area contributed by atoms with Crippen LogP contribution < -0.4 is 5.32 Å². The maximum absolute atomic E-state index is 13.9. The summed E-state index contributed by atoms with van der Waals surface area (Å²) in [5.41, 5.74) is -0.205. The summed E-state index contributed by atoms with van der Waals surface area (Å²) in [6.45, 7) is 7.90. The monoisotopic (exact) mass is 495 g/mol. The molecule has 1 heterocycles. The van der Waals surface area contributed by atoms with Gasteiger partial charge in [0.05, 0.1) is 6.61 Å². The van der Waals surface area contributed by atoms with Crippen LogP contribution in [0.25, 0.3) is 0 Å². The molecule has 1 aromatic carbocycles. The van der Waals surface area contributed by atoms with Crippen LogP contribution in [-0.4, -0.2) is 65.7 Å². The zero-order valence-electron chi connectivity index (χ0n) is 19.9. The summed E-state index contributed by atoms with van der Waals surface area (Å²) in [6, 6.07) is 3.68. The number of rotatable bonds is 6. The molecule has 1 saturated heterocycles. The topological polar surface area (TPSA) is 107 Å². The highest BCUT2D eigenvalue weighted by Crippen LogP contribution is 2.21. The number of nitriles is 1. The van der Waals surface area contributed by atoms with E-state index < -0.39 is 23.5 Å². The molecule has 0 saturated carbocycles. The Morgan fingerprint density at radius 2 is 2.15 bits per heavy atom. The average Bonchev–Trinajstić information content (AvgIpc) is 2.73. The molecule has 9 nitrogen and oxygen atoms in total. The van der Waals surface area contributed by atoms with Crippen LogP contribution >= 0.6 is 11.6 Å². The first-order chi connectivity index (χ1) is 16.0. The van der Waals surface area contributed by atoms with E-state index in [1.165, 1.54) is 23.1 Å². The van der Waals surface area contributed by atoms with Crippen molar-refractivity contribution in [2.45, 2.75) is 58.7 Å². The Morgan fingerprint density at radius 3 is 2.79 bits per heavy atom. The Morgan fingerprint density at radius 1 is 1.41 bits per heavy atom. The Balaban J connectivity index is 2.27. The zero-order valence-corrected chi connectivity index (χ0v) is 20.7. The fourth-order valence-electron chi connectivity index (χ4n) is 3.57. The molecule has 1 amide bonds. The summed E-state index contributed by atoms with van der Waals surface area (Å²) in [7, 11) is 0. The van der Waals surface area contributed by atoms with Gasteiger partial charge in [0, 0.05) is 30.7 Å². The quantitative estimate of drug-likeness (QED) is 0.277. The molecule has 1 N–H and O–H groups in total. The lowest BCUT2D eigenvalue weighted by molar-refractivity contribution is -0.143. The van der Waals surface area contributed by atoms with Crippen LogP contribution in [-0.2, 0) is 20.8 Å². The number of halogens is 2. The van der Waals surface area contributed by atoms with Crippen molar-refractivity contribution in [3.63, 3.8) is 0 Å². The fourth-order valence-corrected chi connectivity index (χ4v) is 3.74. The van der Waals surface area contributed by atoms with Crippen LogP contribution in [0.15, 0.2) is 23.2 Å². The Hall–Kier alpha value is -3.06. The van der Waals surface area contributed by atoms with Gasteiger partial charge in [0.2, 0.25) is 12.2 Å². The molecule has 11 heteroatoms. The SMILES string of the molecule is CCOC(=O)CN(Cc1cc(F)ccc1Cl)/C(=N\C#N)N1CCC[C@@H](NC(=O)OC(C)(C)C)C1. The van der Waals surface area contributed by atoms with Crippen molar-refractivity contribution in [2.24, 2.45) is 4.99 Å². The highest BCUT2D eigenvalue weighted by atomic mass is 35.5. The molecule has 186 valence electrons. The minimum absolute atomic E-state index is 0.0244. The molecule has 0 aromatic heterocycles. The molecule has 34 heavy (non-hydrogen) atoms. The van der Waals surface area contributed by atoms with Gasteiger partial charge in [-0.15, -0.1) is 4.99 Å². The second-order valence-corrected chi connectivity index (χ2v) is 9.25. The number of likely N-dealkylation sites (tertiary alicyclic amines) is 1. The molecule has 2 rings (SSSR count). The maximum Gasteiger partial charge on any atom is 0.407 e. The smallest absolute Gasteiger partial charge is 0.407 e. The second kappa shape index (κ2) is 12.4. The summed E-state index contributed by atoms with van der Waals surface area (Å²) in [5.74, 6) is -0.790. The molecular formula is C23H31ClFN5O4. The van der Waals surface area contributed by atoms with Crippen molar-refractivity contribution in [3.8, 4) is 6.19 Å². The minimum atomic E-state index is -0.632. The number of piperidine rings is 1. The number of hydrogen-bond acceptors (Lipinski definition) is 6. The number of hydrogen-bond donors (Lipinski definition) is 1. The number of amides is 1. The van der Waals surface area contributed by atoms with E-state index in [4.69, 9.17) is 21.1 Å². The van der Waals surface area contributed by atoms with Gasteiger partial charge in [0.15, 0.2) is 0 Å². The third-order valence-electron chi connectivity index (χ3n) is 4.85. The van der Waals surface area contributed by atoms with Crippen molar-refractivity contribution >= 4 is 29.6 Å². The van der Waals surface area contributed by atoms with Crippen molar-refractivity contribution in [2.75, 3.05) is 26.2 Å². The number of nitrogens with one attached hydrogen (secondary N) is 1. The van der Waals surface area contributed by atoms with Crippen molar-refractivity contribution in [3.05, 3.63) is 34.6 Å². The maximum atomic E-state index is 13.9. The predicted octanol–water partition coefficient (Wildman–Crippen LogP) is 3.67. The second-order valence-electron chi connectivity index (χ2n) is 8.84. The van der Waals surface area contributed by atoms with Crippen molar-refractivity contribution in [1.82, 2.24) is 15.1 Å². The first kappa shape index (κ1) is 27.2. The lowest BCUT2D eigenvalue weighted by Gasteiger charge is -2.38. The standard InChI is InChI=1S/C23H31ClFN5O4/c1-5-33-20(31)14-30(12-16-11-17(25)8-9-19(16)24)21(27-15-26)29-10-6-7-18(13-29)28-22(32)34-23(2,3)4/h8-9,11,18H,5-7,10,12-14H2,1-4H3,(H,28,32)/b27-21-/t18-/m1/s1. The van der Waals surface area contributed by atoms with Gasteiger partial charge in [-0.2, -0.15) is 5.26 Å². The molecule has 0 unspecified atom stereocenters. The van der Waals surface area contributed by atoms with E-state index in [1.54, 1.807) is 38.8 Å². The van der Waals surface area contributed by atoms with Gasteiger partial charge in [-0.3, -0.25) is 4.79 Å². The number of nitrogens with zero attached hydrogens (tertiary/aromatic N) is 4. The third kappa shape index (κ3) is 8.71. The zero-order chi connectivity index (χ0) is 25.3. The summed E-state index contributed by atoms with van der Waals surface area (Å²) in [4.78, 5) is 31.9. The number of carbonyl (C=O) groups excluding carboxylic acids is 2. The molecule has 1 aliphatic heterocycles. The lowest BCUT2D eigenvalue weighted by Crippen LogP contribution is -2.54. The fraction of sp³-hybridized carbons (Fsp3) is 0.565. The number of guanidine groups is 1. The predicted molar refractivity (Wildman–Crippen MR) is 125 cm³/mol. The van der Waals surface area contributed by atoms with Gasteiger partial charge >= 0.3 is 12.1 Å². The van der Waals surface area contributed by atoms with Crippen LogP contribution in [0, 0.1) is 17.3 Å². The van der Waals surface area contributed by atoms with E-state index in [0.29, 0.717) is 36.5 Å². The first-order valence-electron chi connectivity index (χ1n) is 11.1. The summed E-state index contributed by atoms with van der Waals surface area (Å²) >= 11 is 6.25. The molecule has 0 spiro atoms. The van der Waals surface area contributed by atoms with Gasteiger partial charge in [0.25, 0.3) is 0 Å². The van der Waals surface area contributed by atoms with E-state index in [0.717, 1.165) is 0 Å². The number of alkyl carbamates (subject to hydrolysis) is 1. The molecule has 1 atom stereocenters. The van der Waals surface area contributed by atoms with E-state index >= 15 is 0 Å². The van der Waals surface area contributed by atoms with Gasteiger partial charge in [-0.05, 0) is 64.3 Å². The van der Waals surface area contributed by atoms with E-state index in [-0.39, 0.29) is 31.7 Å². The van der Waals surface area contributed by atoms with E-state index in [2.05, 4.69) is 10.3 Å². The van der Waals surface area contributed by atoms with Crippen LogP contribution in [0.3, 0.4) is 0 Å². The molecule has 1 aliphatic rings.